The van der Waals surface area contributed by atoms with Crippen LogP contribution in [0, 0.1) is 11.3 Å². The smallest absolute Gasteiger partial charge is 0.103 e. The Balaban J connectivity index is 1.33. The summed E-state index contributed by atoms with van der Waals surface area (Å²) < 4.78 is 5.50. The highest BCUT2D eigenvalue weighted by atomic mass is 16.5. The summed E-state index contributed by atoms with van der Waals surface area (Å²) in [6.45, 7) is 6.12. The molecule has 29 heavy (non-hydrogen) atoms. The van der Waals surface area contributed by atoms with Crippen molar-refractivity contribution >= 4 is 0 Å². The number of nitriles is 1. The molecule has 0 spiro atoms. The fraction of sp³-hybridized carbons (Fsp3) is 0.480. The standard InChI is InChI=1S/C25H31N3O/c26-20-25(23-8-2-1-3-9-23)12-10-24(11-13-25)27-18-21-6-4-5-7-22(21)19-28-14-16-29-17-15-28/h1-9,24,27H,10-19H2/p+2. The van der Waals surface area contributed by atoms with Crippen molar-refractivity contribution in [2.24, 2.45) is 0 Å². The fourth-order valence-corrected chi connectivity index (χ4v) is 4.92. The van der Waals surface area contributed by atoms with Gasteiger partial charge in [0.25, 0.3) is 0 Å². The molecule has 1 saturated heterocycles. The number of ether oxygens (including phenoxy) is 1. The van der Waals surface area contributed by atoms with Gasteiger partial charge in [-0.3, -0.25) is 0 Å². The number of hydrogen-bond donors (Lipinski definition) is 2. The number of rotatable bonds is 6. The van der Waals surface area contributed by atoms with E-state index in [0.717, 1.165) is 65.1 Å². The summed E-state index contributed by atoms with van der Waals surface area (Å²) in [7, 11) is 0. The lowest BCUT2D eigenvalue weighted by Crippen LogP contribution is -3.12. The Kier molecular flexibility index (Phi) is 6.61. The molecular formula is C25H33N3O+2. The van der Waals surface area contributed by atoms with Gasteiger partial charge in [0.05, 0.1) is 30.7 Å². The number of nitrogens with two attached hydrogens (primary N) is 1. The van der Waals surface area contributed by atoms with Gasteiger partial charge in [-0.05, 0) is 18.4 Å². The van der Waals surface area contributed by atoms with Crippen molar-refractivity contribution in [2.45, 2.75) is 50.2 Å². The zero-order valence-corrected chi connectivity index (χ0v) is 17.3. The molecule has 1 saturated carbocycles. The first-order chi connectivity index (χ1) is 14.3. The Morgan fingerprint density at radius 3 is 2.31 bits per heavy atom. The first-order valence-corrected chi connectivity index (χ1v) is 11.1. The van der Waals surface area contributed by atoms with E-state index in [4.69, 9.17) is 4.74 Å². The number of nitrogens with one attached hydrogen (secondary N) is 1. The minimum Gasteiger partial charge on any atom is -0.370 e. The van der Waals surface area contributed by atoms with Crippen LogP contribution in [-0.4, -0.2) is 32.3 Å². The van der Waals surface area contributed by atoms with E-state index in [1.807, 2.05) is 6.07 Å². The van der Waals surface area contributed by atoms with Crippen molar-refractivity contribution in [3.8, 4) is 6.07 Å². The van der Waals surface area contributed by atoms with Gasteiger partial charge in [-0.1, -0.05) is 54.6 Å². The molecule has 4 nitrogen and oxygen atoms in total. The van der Waals surface area contributed by atoms with E-state index in [1.165, 1.54) is 16.7 Å². The van der Waals surface area contributed by atoms with Gasteiger partial charge < -0.3 is 15.0 Å². The highest BCUT2D eigenvalue weighted by molar-refractivity contribution is 5.33. The molecule has 0 unspecified atom stereocenters. The van der Waals surface area contributed by atoms with Crippen LogP contribution in [0.2, 0.25) is 0 Å². The third-order valence-corrected chi connectivity index (χ3v) is 6.85. The van der Waals surface area contributed by atoms with Crippen molar-refractivity contribution in [2.75, 3.05) is 26.3 Å². The second kappa shape index (κ2) is 9.54. The average Bonchev–Trinajstić information content (AvgIpc) is 2.80. The molecule has 0 amide bonds. The molecule has 2 fully saturated rings. The molecule has 152 valence electrons. The zero-order valence-electron chi connectivity index (χ0n) is 17.3. The molecule has 0 bridgehead atoms. The predicted octanol–water partition coefficient (Wildman–Crippen LogP) is 1.57. The first kappa shape index (κ1) is 20.1. The molecule has 0 radical (unpaired) electrons. The molecule has 1 aliphatic heterocycles. The summed E-state index contributed by atoms with van der Waals surface area (Å²) in [5, 5.41) is 12.4. The topological polar surface area (TPSA) is 54.1 Å². The van der Waals surface area contributed by atoms with Gasteiger partial charge in [0.1, 0.15) is 26.2 Å². The van der Waals surface area contributed by atoms with Crippen molar-refractivity contribution < 1.29 is 15.0 Å². The monoisotopic (exact) mass is 391 g/mol. The van der Waals surface area contributed by atoms with Crippen LogP contribution in [-0.2, 0) is 23.2 Å². The van der Waals surface area contributed by atoms with Crippen LogP contribution in [0.1, 0.15) is 42.4 Å². The molecule has 2 aliphatic rings. The van der Waals surface area contributed by atoms with E-state index in [9.17, 15) is 5.26 Å². The van der Waals surface area contributed by atoms with Gasteiger partial charge in [0.2, 0.25) is 0 Å². The third-order valence-electron chi connectivity index (χ3n) is 6.85. The second-order valence-corrected chi connectivity index (χ2v) is 8.65. The Hall–Kier alpha value is -2.19. The van der Waals surface area contributed by atoms with Crippen molar-refractivity contribution in [3.05, 3.63) is 71.3 Å². The second-order valence-electron chi connectivity index (χ2n) is 8.65. The van der Waals surface area contributed by atoms with Crippen LogP contribution < -0.4 is 10.2 Å². The molecule has 1 heterocycles. The van der Waals surface area contributed by atoms with Gasteiger partial charge in [-0.25, -0.2) is 0 Å². The Labute approximate surface area is 174 Å². The molecule has 1 aliphatic carbocycles. The minimum absolute atomic E-state index is 0.288. The lowest BCUT2D eigenvalue weighted by molar-refractivity contribution is -0.921. The van der Waals surface area contributed by atoms with Crippen LogP contribution in [0.4, 0.5) is 0 Å². The zero-order chi connectivity index (χ0) is 19.9. The van der Waals surface area contributed by atoms with Gasteiger partial charge in [0.15, 0.2) is 0 Å². The quantitative estimate of drug-likeness (QED) is 0.785. The fourth-order valence-electron chi connectivity index (χ4n) is 4.92. The molecule has 4 rings (SSSR count). The summed E-state index contributed by atoms with van der Waals surface area (Å²) in [5.74, 6) is 0. The summed E-state index contributed by atoms with van der Waals surface area (Å²) in [4.78, 5) is 1.63. The van der Waals surface area contributed by atoms with E-state index in [1.54, 1.807) is 4.90 Å². The number of hydrogen-bond acceptors (Lipinski definition) is 2. The molecule has 4 heteroatoms. The maximum atomic E-state index is 9.91. The van der Waals surface area contributed by atoms with Crippen LogP contribution in [0.5, 0.6) is 0 Å². The van der Waals surface area contributed by atoms with Crippen molar-refractivity contribution in [1.82, 2.24) is 0 Å². The first-order valence-electron chi connectivity index (χ1n) is 11.1. The summed E-state index contributed by atoms with van der Waals surface area (Å²) in [5.41, 5.74) is 3.85. The van der Waals surface area contributed by atoms with Gasteiger partial charge in [-0.2, -0.15) is 5.26 Å². The van der Waals surface area contributed by atoms with Crippen LogP contribution in [0.3, 0.4) is 0 Å². The van der Waals surface area contributed by atoms with Crippen molar-refractivity contribution in [3.63, 3.8) is 0 Å². The lowest BCUT2D eigenvalue weighted by Gasteiger charge is -2.34. The van der Waals surface area contributed by atoms with E-state index in [0.29, 0.717) is 6.04 Å². The number of morpholine rings is 1. The SMILES string of the molecule is N#CC1(c2ccccc2)CCC([NH2+]Cc2ccccc2C[NH+]2CCOCC2)CC1. The maximum Gasteiger partial charge on any atom is 0.103 e. The number of nitrogens with zero attached hydrogens (tertiary/aromatic N) is 1. The summed E-state index contributed by atoms with van der Waals surface area (Å²) in [6, 6.07) is 22.6. The van der Waals surface area contributed by atoms with Crippen LogP contribution in [0.15, 0.2) is 54.6 Å². The molecule has 2 aromatic rings. The molecule has 3 N–H and O–H groups in total. The Morgan fingerprint density at radius 1 is 0.966 bits per heavy atom. The Bertz CT molecular complexity index is 815. The highest BCUT2D eigenvalue weighted by Gasteiger charge is 2.38. The van der Waals surface area contributed by atoms with E-state index < -0.39 is 0 Å². The number of benzene rings is 2. The van der Waals surface area contributed by atoms with Crippen molar-refractivity contribution in [1.29, 1.82) is 5.26 Å². The van der Waals surface area contributed by atoms with E-state index in [2.05, 4.69) is 59.9 Å². The summed E-state index contributed by atoms with van der Waals surface area (Å²) in [6.07, 6.45) is 4.15. The van der Waals surface area contributed by atoms with Gasteiger partial charge in [-0.15, -0.1) is 0 Å². The van der Waals surface area contributed by atoms with Gasteiger partial charge >= 0.3 is 0 Å². The van der Waals surface area contributed by atoms with Gasteiger partial charge in [0, 0.05) is 24.0 Å². The predicted molar refractivity (Wildman–Crippen MR) is 113 cm³/mol. The maximum absolute atomic E-state index is 9.91. The molecular weight excluding hydrogens is 358 g/mol. The molecule has 0 aromatic heterocycles. The minimum atomic E-state index is -0.288. The highest BCUT2D eigenvalue weighted by Crippen LogP contribution is 2.38. The normalized spacial score (nSPS) is 25.4. The number of quaternary nitrogens is 2. The molecule has 0 atom stereocenters. The van der Waals surface area contributed by atoms with E-state index in [-0.39, 0.29) is 5.41 Å². The lowest BCUT2D eigenvalue weighted by atomic mass is 9.69. The van der Waals surface area contributed by atoms with E-state index >= 15 is 0 Å². The summed E-state index contributed by atoms with van der Waals surface area (Å²) >= 11 is 0. The molecule has 2 aromatic carbocycles. The largest absolute Gasteiger partial charge is 0.370 e. The third kappa shape index (κ3) is 4.87. The van der Waals surface area contributed by atoms with Crippen LogP contribution >= 0.6 is 0 Å². The average molecular weight is 392 g/mol. The van der Waals surface area contributed by atoms with Crippen LogP contribution in [0.25, 0.3) is 0 Å². The Morgan fingerprint density at radius 2 is 1.62 bits per heavy atom.